The third kappa shape index (κ3) is 68.9. The summed E-state index contributed by atoms with van der Waals surface area (Å²) in [6.07, 6.45) is 1.25. The van der Waals surface area contributed by atoms with Crippen molar-refractivity contribution in [1.29, 1.82) is 0 Å². The van der Waals surface area contributed by atoms with Crippen LogP contribution in [0.3, 0.4) is 0 Å². The van der Waals surface area contributed by atoms with Crippen LogP contribution in [-0.4, -0.2) is 0 Å². The summed E-state index contributed by atoms with van der Waals surface area (Å²) in [6.45, 7) is 29.9. The van der Waals surface area contributed by atoms with Gasteiger partial charge in [0.2, 0.25) is 0 Å². The molecule has 1 aromatic carbocycles. The van der Waals surface area contributed by atoms with Crippen molar-refractivity contribution in [3.8, 4) is 0 Å². The Bertz CT molecular complexity index is 229. The lowest BCUT2D eigenvalue weighted by molar-refractivity contribution is 1.09. The fraction of sp³-hybridized carbons (Fsp3) is 0.524. The molecule has 0 aliphatic heterocycles. The van der Waals surface area contributed by atoms with E-state index in [4.69, 9.17) is 0 Å². The maximum absolute atomic E-state index is 3.56. The molecule has 0 heterocycles. The summed E-state index contributed by atoms with van der Waals surface area (Å²) >= 11 is 0. The minimum Gasteiger partial charge on any atom is -0.106 e. The van der Waals surface area contributed by atoms with E-state index in [1.165, 1.54) is 23.1 Å². The van der Waals surface area contributed by atoms with Crippen LogP contribution in [0.1, 0.15) is 72.9 Å². The summed E-state index contributed by atoms with van der Waals surface area (Å²) in [5.41, 5.74) is 3.83. The Hall–Kier alpha value is -1.30. The molecule has 0 aliphatic rings. The fourth-order valence-electron chi connectivity index (χ4n) is 0.637. The van der Waals surface area contributed by atoms with E-state index >= 15 is 0 Å². The van der Waals surface area contributed by atoms with Crippen molar-refractivity contribution in [2.75, 3.05) is 0 Å². The monoisotopic (exact) mass is 294 g/mol. The van der Waals surface area contributed by atoms with Crippen molar-refractivity contribution >= 4 is 0 Å². The highest BCUT2D eigenvalue weighted by Gasteiger charge is 1.79. The Morgan fingerprint density at radius 2 is 0.857 bits per heavy atom. The zero-order valence-electron chi connectivity index (χ0n) is 16.6. The van der Waals surface area contributed by atoms with Gasteiger partial charge in [0.25, 0.3) is 0 Å². The molecular weight excluding hydrogens is 252 g/mol. The Morgan fingerprint density at radius 3 is 0.952 bits per heavy atom. The van der Waals surface area contributed by atoms with Crippen molar-refractivity contribution in [2.45, 2.75) is 75.7 Å². The SMILES string of the molecule is C=C.C=C(C)C.CC.CC.CCC.Cc1ccc(C)cc1. The molecule has 0 saturated carbocycles. The molecule has 21 heavy (non-hydrogen) atoms. The zero-order chi connectivity index (χ0) is 18.3. The van der Waals surface area contributed by atoms with Gasteiger partial charge in [-0.25, -0.2) is 0 Å². The van der Waals surface area contributed by atoms with E-state index in [-0.39, 0.29) is 0 Å². The van der Waals surface area contributed by atoms with Gasteiger partial charge >= 0.3 is 0 Å². The molecule has 0 radical (unpaired) electrons. The van der Waals surface area contributed by atoms with Crippen LogP contribution < -0.4 is 0 Å². The van der Waals surface area contributed by atoms with Crippen LogP contribution >= 0.6 is 0 Å². The van der Waals surface area contributed by atoms with Gasteiger partial charge in [0, 0.05) is 0 Å². The first-order chi connectivity index (χ1) is 9.93. The fourth-order valence-corrected chi connectivity index (χ4v) is 0.637. The van der Waals surface area contributed by atoms with Crippen LogP contribution in [0.15, 0.2) is 49.6 Å². The van der Waals surface area contributed by atoms with Gasteiger partial charge in [-0.15, -0.1) is 19.7 Å². The van der Waals surface area contributed by atoms with Crippen LogP contribution in [0.4, 0.5) is 0 Å². The Labute approximate surface area is 137 Å². The average molecular weight is 295 g/mol. The Morgan fingerprint density at radius 1 is 0.762 bits per heavy atom. The van der Waals surface area contributed by atoms with Crippen LogP contribution in [0.25, 0.3) is 0 Å². The normalized spacial score (nSPS) is 6.38. The number of rotatable bonds is 0. The maximum atomic E-state index is 3.56. The van der Waals surface area contributed by atoms with Gasteiger partial charge in [0.15, 0.2) is 0 Å². The molecule has 0 fully saturated rings. The lowest BCUT2D eigenvalue weighted by Crippen LogP contribution is -1.70. The lowest BCUT2D eigenvalue weighted by Gasteiger charge is -1.90. The predicted octanol–water partition coefficient (Wildman–Crippen LogP) is 8.16. The first-order valence-corrected chi connectivity index (χ1v) is 8.09. The molecule has 0 heteroatoms. The van der Waals surface area contributed by atoms with Crippen molar-refractivity contribution in [3.63, 3.8) is 0 Å². The molecule has 0 saturated heterocycles. The number of benzene rings is 1. The van der Waals surface area contributed by atoms with E-state index in [2.05, 4.69) is 71.7 Å². The van der Waals surface area contributed by atoms with E-state index in [9.17, 15) is 0 Å². The minimum atomic E-state index is 1.17. The van der Waals surface area contributed by atoms with Gasteiger partial charge in [0.05, 0.1) is 0 Å². The standard InChI is InChI=1S/C8H10.C4H8.C3H8.2C2H6.C2H4/c1-7-3-5-8(2)6-4-7;1-4(2)3;1-3-2;3*1-2/h3-6H,1-2H3;1H2,2-3H3;3H2,1-2H3;2*1-2H3;1-2H2. The molecule has 0 spiro atoms. The smallest absolute Gasteiger partial charge is 0.0398 e. The quantitative estimate of drug-likeness (QED) is 0.423. The lowest BCUT2D eigenvalue weighted by atomic mass is 10.2. The van der Waals surface area contributed by atoms with Gasteiger partial charge in [-0.1, -0.05) is 88.9 Å². The molecule has 0 aliphatic carbocycles. The topological polar surface area (TPSA) is 0 Å². The highest BCUT2D eigenvalue weighted by molar-refractivity contribution is 5.19. The first-order valence-electron chi connectivity index (χ1n) is 8.09. The number of hydrogen-bond donors (Lipinski definition) is 0. The van der Waals surface area contributed by atoms with Crippen LogP contribution in [0, 0.1) is 13.8 Å². The number of hydrogen-bond acceptors (Lipinski definition) is 0. The average Bonchev–Trinajstić information content (AvgIpc) is 2.49. The third-order valence-electron chi connectivity index (χ3n) is 1.22. The molecular formula is C21H42. The third-order valence-corrected chi connectivity index (χ3v) is 1.22. The summed E-state index contributed by atoms with van der Waals surface area (Å²) in [5.74, 6) is 0. The van der Waals surface area contributed by atoms with Gasteiger partial charge in [-0.05, 0) is 27.7 Å². The number of allylic oxidation sites excluding steroid dienone is 1. The van der Waals surface area contributed by atoms with Crippen molar-refractivity contribution in [3.05, 3.63) is 60.7 Å². The van der Waals surface area contributed by atoms with Crippen LogP contribution in [0.5, 0.6) is 0 Å². The van der Waals surface area contributed by atoms with Gasteiger partial charge in [-0.2, -0.15) is 0 Å². The molecule has 0 bridgehead atoms. The summed E-state index contributed by atoms with van der Waals surface area (Å²) < 4.78 is 0. The van der Waals surface area contributed by atoms with Crippen LogP contribution in [0.2, 0.25) is 0 Å². The highest BCUT2D eigenvalue weighted by atomic mass is 13.9. The molecule has 1 rings (SSSR count). The van der Waals surface area contributed by atoms with Crippen molar-refractivity contribution in [2.24, 2.45) is 0 Å². The second kappa shape index (κ2) is 36.3. The summed E-state index contributed by atoms with van der Waals surface area (Å²) in [6, 6.07) is 8.48. The van der Waals surface area contributed by atoms with E-state index in [0.29, 0.717) is 0 Å². The molecule has 0 atom stereocenters. The Kier molecular flexibility index (Phi) is 55.1. The van der Waals surface area contributed by atoms with E-state index < -0.39 is 0 Å². The summed E-state index contributed by atoms with van der Waals surface area (Å²) in [4.78, 5) is 0. The molecule has 0 nitrogen and oxygen atoms in total. The Balaban J connectivity index is -0.0000000566. The molecule has 0 aromatic heterocycles. The summed E-state index contributed by atoms with van der Waals surface area (Å²) in [7, 11) is 0. The largest absolute Gasteiger partial charge is 0.106 e. The second-order valence-corrected chi connectivity index (χ2v) is 4.07. The van der Waals surface area contributed by atoms with E-state index in [0.717, 1.165) is 0 Å². The molecule has 126 valence electrons. The van der Waals surface area contributed by atoms with Gasteiger partial charge in [-0.3, -0.25) is 0 Å². The minimum absolute atomic E-state index is 1.17. The maximum Gasteiger partial charge on any atom is -0.0398 e. The van der Waals surface area contributed by atoms with Gasteiger partial charge < -0.3 is 0 Å². The molecule has 0 amide bonds. The predicted molar refractivity (Wildman–Crippen MR) is 106 cm³/mol. The molecule has 1 aromatic rings. The molecule has 0 unspecified atom stereocenters. The van der Waals surface area contributed by atoms with Gasteiger partial charge in [0.1, 0.15) is 0 Å². The van der Waals surface area contributed by atoms with Crippen LogP contribution in [-0.2, 0) is 0 Å². The highest BCUT2D eigenvalue weighted by Crippen LogP contribution is 1.99. The first kappa shape index (κ1) is 31.9. The van der Waals surface area contributed by atoms with E-state index in [1.54, 1.807) is 0 Å². The zero-order valence-corrected chi connectivity index (χ0v) is 16.6. The van der Waals surface area contributed by atoms with Crippen molar-refractivity contribution in [1.82, 2.24) is 0 Å². The molecule has 0 N–H and O–H groups in total. The second-order valence-electron chi connectivity index (χ2n) is 4.07. The summed E-state index contributed by atoms with van der Waals surface area (Å²) in [5, 5.41) is 0. The van der Waals surface area contributed by atoms with E-state index in [1.807, 2.05) is 41.5 Å². The number of aryl methyl sites for hydroxylation is 2. The van der Waals surface area contributed by atoms with Crippen molar-refractivity contribution < 1.29 is 0 Å².